The van der Waals surface area contributed by atoms with Gasteiger partial charge in [0.1, 0.15) is 11.5 Å². The van der Waals surface area contributed by atoms with Gasteiger partial charge in [-0.25, -0.2) is 4.79 Å². The molecule has 142 valence electrons. The van der Waals surface area contributed by atoms with Gasteiger partial charge in [0.2, 0.25) is 0 Å². The number of H-pyrrole nitrogens is 1. The van der Waals surface area contributed by atoms with Crippen molar-refractivity contribution in [3.05, 3.63) is 59.3 Å². The van der Waals surface area contributed by atoms with Crippen molar-refractivity contribution in [3.63, 3.8) is 0 Å². The zero-order valence-corrected chi connectivity index (χ0v) is 14.3. The number of nitrogens with one attached hydrogen (secondary N) is 1. The third kappa shape index (κ3) is 4.72. The molecule has 3 aromatic rings. The monoisotopic (exact) mass is 379 g/mol. The SMILES string of the molecule is Cc1[nH]c2ccc(OC(F)(F)F)cc2c1Cc1cccc(OCC(=O)O)c1. The summed E-state index contributed by atoms with van der Waals surface area (Å²) in [4.78, 5) is 13.8. The maximum absolute atomic E-state index is 12.5. The number of aromatic nitrogens is 1. The molecule has 2 N–H and O–H groups in total. The number of rotatable bonds is 6. The fraction of sp³-hybridized carbons (Fsp3) is 0.211. The molecule has 0 radical (unpaired) electrons. The summed E-state index contributed by atoms with van der Waals surface area (Å²) in [5.74, 6) is -0.952. The maximum atomic E-state index is 12.5. The molecular weight excluding hydrogens is 363 g/mol. The number of fused-ring (bicyclic) bond motifs is 1. The van der Waals surface area contributed by atoms with Crippen molar-refractivity contribution < 1.29 is 32.5 Å². The summed E-state index contributed by atoms with van der Waals surface area (Å²) >= 11 is 0. The number of aromatic amines is 1. The topological polar surface area (TPSA) is 71.5 Å². The number of carbonyl (C=O) groups is 1. The number of carboxylic acid groups (broad SMARTS) is 1. The van der Waals surface area contributed by atoms with Crippen molar-refractivity contribution >= 4 is 16.9 Å². The van der Waals surface area contributed by atoms with Crippen LogP contribution in [-0.2, 0) is 11.2 Å². The van der Waals surface area contributed by atoms with Crippen LogP contribution in [0.2, 0.25) is 0 Å². The van der Waals surface area contributed by atoms with Crippen LogP contribution in [0, 0.1) is 6.92 Å². The first-order valence-corrected chi connectivity index (χ1v) is 8.02. The first-order valence-electron chi connectivity index (χ1n) is 8.02. The molecule has 0 amide bonds. The first-order chi connectivity index (χ1) is 12.7. The molecule has 0 bridgehead atoms. The van der Waals surface area contributed by atoms with Crippen LogP contribution < -0.4 is 9.47 Å². The minimum atomic E-state index is -4.75. The molecule has 0 spiro atoms. The van der Waals surface area contributed by atoms with Gasteiger partial charge >= 0.3 is 12.3 Å². The number of alkyl halides is 3. The van der Waals surface area contributed by atoms with Crippen molar-refractivity contribution in [1.82, 2.24) is 4.98 Å². The van der Waals surface area contributed by atoms with Crippen molar-refractivity contribution in [2.45, 2.75) is 19.7 Å². The summed E-state index contributed by atoms with van der Waals surface area (Å²) in [5, 5.41) is 9.32. The lowest BCUT2D eigenvalue weighted by molar-refractivity contribution is -0.274. The standard InChI is InChI=1S/C19H16F3NO4/c1-11-15(8-12-3-2-4-13(7-12)26-10-18(24)25)16-9-14(27-19(20,21)22)5-6-17(16)23-11/h2-7,9,23H,8,10H2,1H3,(H,24,25). The fourth-order valence-electron chi connectivity index (χ4n) is 2.88. The van der Waals surface area contributed by atoms with E-state index in [1.807, 2.05) is 13.0 Å². The van der Waals surface area contributed by atoms with E-state index in [9.17, 15) is 18.0 Å². The smallest absolute Gasteiger partial charge is 0.482 e. The Kier molecular flexibility index (Phi) is 4.98. The molecular formula is C19H16F3NO4. The fourth-order valence-corrected chi connectivity index (χ4v) is 2.88. The van der Waals surface area contributed by atoms with Gasteiger partial charge < -0.3 is 19.6 Å². The lowest BCUT2D eigenvalue weighted by Crippen LogP contribution is -2.16. The highest BCUT2D eigenvalue weighted by Gasteiger charge is 2.31. The molecule has 0 aliphatic rings. The highest BCUT2D eigenvalue weighted by molar-refractivity contribution is 5.86. The number of aryl methyl sites for hydroxylation is 1. The predicted molar refractivity (Wildman–Crippen MR) is 92.1 cm³/mol. The van der Waals surface area contributed by atoms with Crippen LogP contribution in [0.5, 0.6) is 11.5 Å². The molecule has 1 heterocycles. The van der Waals surface area contributed by atoms with E-state index in [-0.39, 0.29) is 5.75 Å². The normalized spacial score (nSPS) is 11.6. The van der Waals surface area contributed by atoms with Crippen LogP contribution in [0.4, 0.5) is 13.2 Å². The molecule has 0 fully saturated rings. The largest absolute Gasteiger partial charge is 0.573 e. The molecule has 0 unspecified atom stereocenters. The third-order valence-electron chi connectivity index (χ3n) is 3.97. The Bertz CT molecular complexity index is 979. The Hall–Kier alpha value is -3.16. The second-order valence-electron chi connectivity index (χ2n) is 5.99. The Morgan fingerprint density at radius 2 is 1.93 bits per heavy atom. The molecule has 0 aliphatic carbocycles. The zero-order chi connectivity index (χ0) is 19.6. The zero-order valence-electron chi connectivity index (χ0n) is 14.3. The number of benzene rings is 2. The molecule has 0 saturated heterocycles. The first kappa shape index (κ1) is 18.6. The van der Waals surface area contributed by atoms with E-state index in [1.165, 1.54) is 12.1 Å². The lowest BCUT2D eigenvalue weighted by Gasteiger charge is -2.09. The molecule has 1 aromatic heterocycles. The highest BCUT2D eigenvalue weighted by atomic mass is 19.4. The number of aliphatic carboxylic acids is 1. The summed E-state index contributed by atoms with van der Waals surface area (Å²) in [6, 6.07) is 11.1. The summed E-state index contributed by atoms with van der Waals surface area (Å²) in [5.41, 5.74) is 3.19. The number of hydrogen-bond acceptors (Lipinski definition) is 3. The Morgan fingerprint density at radius 1 is 1.15 bits per heavy atom. The van der Waals surface area contributed by atoms with E-state index >= 15 is 0 Å². The van der Waals surface area contributed by atoms with E-state index in [0.717, 1.165) is 16.8 Å². The van der Waals surface area contributed by atoms with Crippen molar-refractivity contribution in [2.75, 3.05) is 6.61 Å². The van der Waals surface area contributed by atoms with Crippen LogP contribution in [0.15, 0.2) is 42.5 Å². The van der Waals surface area contributed by atoms with Crippen molar-refractivity contribution in [2.24, 2.45) is 0 Å². The Labute approximate surface area is 152 Å². The summed E-state index contributed by atoms with van der Waals surface area (Å²) < 4.78 is 46.6. The van der Waals surface area contributed by atoms with Gasteiger partial charge in [0, 0.05) is 16.6 Å². The highest BCUT2D eigenvalue weighted by Crippen LogP contribution is 2.31. The molecule has 5 nitrogen and oxygen atoms in total. The summed E-state index contributed by atoms with van der Waals surface area (Å²) in [6.45, 7) is 1.39. The van der Waals surface area contributed by atoms with Gasteiger partial charge in [0.25, 0.3) is 0 Å². The molecule has 0 aliphatic heterocycles. The van der Waals surface area contributed by atoms with Crippen molar-refractivity contribution in [3.8, 4) is 11.5 Å². The average Bonchev–Trinajstić information content (AvgIpc) is 2.87. The van der Waals surface area contributed by atoms with Crippen LogP contribution in [-0.4, -0.2) is 29.0 Å². The van der Waals surface area contributed by atoms with E-state index in [0.29, 0.717) is 23.1 Å². The van der Waals surface area contributed by atoms with Crippen LogP contribution in [0.1, 0.15) is 16.8 Å². The quantitative estimate of drug-likeness (QED) is 0.665. The van der Waals surface area contributed by atoms with E-state index in [1.54, 1.807) is 24.3 Å². The predicted octanol–water partition coefficient (Wildman–Crippen LogP) is 4.43. The van der Waals surface area contributed by atoms with Gasteiger partial charge in [0.15, 0.2) is 6.61 Å². The molecule has 2 aromatic carbocycles. The second kappa shape index (κ2) is 7.22. The van der Waals surface area contributed by atoms with Crippen LogP contribution in [0.25, 0.3) is 10.9 Å². The van der Waals surface area contributed by atoms with Crippen LogP contribution >= 0.6 is 0 Å². The number of ether oxygens (including phenoxy) is 2. The minimum absolute atomic E-state index is 0.284. The van der Waals surface area contributed by atoms with E-state index < -0.39 is 18.9 Å². The summed E-state index contributed by atoms with van der Waals surface area (Å²) in [7, 11) is 0. The van der Waals surface area contributed by atoms with Gasteiger partial charge in [0.05, 0.1) is 0 Å². The van der Waals surface area contributed by atoms with Crippen LogP contribution in [0.3, 0.4) is 0 Å². The molecule has 8 heteroatoms. The molecule has 3 rings (SSSR count). The summed E-state index contributed by atoms with van der Waals surface area (Å²) in [6.07, 6.45) is -4.32. The van der Waals surface area contributed by atoms with Crippen molar-refractivity contribution in [1.29, 1.82) is 0 Å². The van der Waals surface area contributed by atoms with Gasteiger partial charge in [-0.3, -0.25) is 0 Å². The maximum Gasteiger partial charge on any atom is 0.573 e. The molecule has 0 atom stereocenters. The average molecular weight is 379 g/mol. The minimum Gasteiger partial charge on any atom is -0.482 e. The third-order valence-corrected chi connectivity index (χ3v) is 3.97. The Morgan fingerprint density at radius 3 is 2.63 bits per heavy atom. The van der Waals surface area contributed by atoms with Gasteiger partial charge in [-0.2, -0.15) is 0 Å². The Balaban J connectivity index is 1.90. The van der Waals surface area contributed by atoms with Gasteiger partial charge in [-0.15, -0.1) is 13.2 Å². The second-order valence-corrected chi connectivity index (χ2v) is 5.99. The molecule has 0 saturated carbocycles. The van der Waals surface area contributed by atoms with E-state index in [2.05, 4.69) is 9.72 Å². The van der Waals surface area contributed by atoms with Gasteiger partial charge in [-0.05, 0) is 54.8 Å². The number of halogens is 3. The van der Waals surface area contributed by atoms with Gasteiger partial charge in [-0.1, -0.05) is 12.1 Å². The number of hydrogen-bond donors (Lipinski definition) is 2. The van der Waals surface area contributed by atoms with E-state index in [4.69, 9.17) is 9.84 Å². The molecule has 27 heavy (non-hydrogen) atoms. The number of carboxylic acids is 1. The lowest BCUT2D eigenvalue weighted by atomic mass is 10.0.